The van der Waals surface area contributed by atoms with E-state index in [0.29, 0.717) is 35.0 Å². The van der Waals surface area contributed by atoms with Gasteiger partial charge < -0.3 is 19.8 Å². The Hall–Kier alpha value is -1.17. The molecule has 1 aromatic carbocycles. The van der Waals surface area contributed by atoms with E-state index < -0.39 is 12.2 Å². The number of phenols is 1. The van der Waals surface area contributed by atoms with Gasteiger partial charge in [-0.15, -0.1) is 0 Å². The van der Waals surface area contributed by atoms with Crippen LogP contribution < -0.4 is 0 Å². The van der Waals surface area contributed by atoms with Gasteiger partial charge in [0.05, 0.1) is 16.7 Å². The molecule has 0 radical (unpaired) electrons. The molecule has 2 aliphatic heterocycles. The molecule has 1 amide bonds. The Kier molecular flexibility index (Phi) is 3.90. The van der Waals surface area contributed by atoms with Crippen LogP contribution in [0.4, 0.5) is 4.79 Å². The van der Waals surface area contributed by atoms with Crippen molar-refractivity contribution in [2.75, 3.05) is 13.2 Å². The fraction of sp³-hybridized carbons (Fsp3) is 0.500. The highest BCUT2D eigenvalue weighted by Crippen LogP contribution is 2.44. The largest absolute Gasteiger partial charge is 0.508 e. The first-order valence-corrected chi connectivity index (χ1v) is 7.51. The lowest BCUT2D eigenvalue weighted by molar-refractivity contribution is -0.0127. The van der Waals surface area contributed by atoms with Crippen LogP contribution in [0.5, 0.6) is 5.75 Å². The molecular formula is C14H15Cl2NO4. The second kappa shape index (κ2) is 5.55. The van der Waals surface area contributed by atoms with E-state index in [1.165, 1.54) is 6.07 Å². The molecule has 21 heavy (non-hydrogen) atoms. The Labute approximate surface area is 132 Å². The number of fused-ring (bicyclic) bond motifs is 1. The Morgan fingerprint density at radius 1 is 1.33 bits per heavy atom. The number of aromatic hydroxyl groups is 1. The summed E-state index contributed by atoms with van der Waals surface area (Å²) < 4.78 is 5.13. The lowest BCUT2D eigenvalue weighted by atomic mass is 9.93. The van der Waals surface area contributed by atoms with Crippen LogP contribution in [-0.2, 0) is 4.74 Å². The summed E-state index contributed by atoms with van der Waals surface area (Å²) in [6.45, 7) is 0.249. The van der Waals surface area contributed by atoms with Crippen molar-refractivity contribution in [1.82, 2.24) is 4.90 Å². The second-order valence-electron chi connectivity index (χ2n) is 5.46. The predicted molar refractivity (Wildman–Crippen MR) is 78.0 cm³/mol. The maximum absolute atomic E-state index is 11.9. The average molecular weight is 332 g/mol. The van der Waals surface area contributed by atoms with Gasteiger partial charge in [-0.3, -0.25) is 0 Å². The van der Waals surface area contributed by atoms with Crippen molar-refractivity contribution in [3.05, 3.63) is 27.7 Å². The normalized spacial score (nSPS) is 28.4. The Balaban J connectivity index is 1.88. The molecule has 0 saturated carbocycles. The van der Waals surface area contributed by atoms with E-state index in [-0.39, 0.29) is 24.3 Å². The van der Waals surface area contributed by atoms with Gasteiger partial charge in [0.15, 0.2) is 0 Å². The fourth-order valence-corrected chi connectivity index (χ4v) is 3.67. The number of amides is 1. The van der Waals surface area contributed by atoms with Crippen molar-refractivity contribution in [3.63, 3.8) is 0 Å². The van der Waals surface area contributed by atoms with Gasteiger partial charge in [0.1, 0.15) is 11.9 Å². The third kappa shape index (κ3) is 2.54. The lowest BCUT2D eigenvalue weighted by Gasteiger charge is -2.33. The zero-order valence-corrected chi connectivity index (χ0v) is 12.6. The molecule has 2 aliphatic rings. The summed E-state index contributed by atoms with van der Waals surface area (Å²) in [6, 6.07) is 3.04. The smallest absolute Gasteiger partial charge is 0.410 e. The molecule has 7 heteroatoms. The first-order chi connectivity index (χ1) is 10.0. The molecule has 0 unspecified atom stereocenters. The molecule has 5 nitrogen and oxygen atoms in total. The number of halogens is 2. The van der Waals surface area contributed by atoms with Crippen LogP contribution in [0.1, 0.15) is 24.3 Å². The summed E-state index contributed by atoms with van der Waals surface area (Å²) >= 11 is 12.2. The zero-order valence-electron chi connectivity index (χ0n) is 11.1. The number of benzene rings is 1. The molecule has 1 aromatic rings. The van der Waals surface area contributed by atoms with E-state index in [4.69, 9.17) is 33.0 Å². The third-order valence-corrected chi connectivity index (χ3v) is 4.99. The quantitative estimate of drug-likeness (QED) is 0.874. The van der Waals surface area contributed by atoms with Crippen molar-refractivity contribution in [1.29, 1.82) is 0 Å². The Morgan fingerprint density at radius 2 is 2.10 bits per heavy atom. The first kappa shape index (κ1) is 14.8. The molecule has 3 atom stereocenters. The van der Waals surface area contributed by atoms with Crippen LogP contribution in [0, 0.1) is 0 Å². The van der Waals surface area contributed by atoms with Crippen molar-refractivity contribution in [2.24, 2.45) is 0 Å². The second-order valence-corrected chi connectivity index (χ2v) is 6.24. The number of hydrogen-bond acceptors (Lipinski definition) is 4. The number of nitrogens with zero attached hydrogens (tertiary/aromatic N) is 1. The van der Waals surface area contributed by atoms with Crippen molar-refractivity contribution >= 4 is 29.3 Å². The van der Waals surface area contributed by atoms with E-state index in [1.54, 1.807) is 11.0 Å². The van der Waals surface area contributed by atoms with Gasteiger partial charge in [-0.25, -0.2) is 4.79 Å². The van der Waals surface area contributed by atoms with E-state index in [9.17, 15) is 9.90 Å². The van der Waals surface area contributed by atoms with E-state index >= 15 is 0 Å². The van der Waals surface area contributed by atoms with Crippen LogP contribution in [0.3, 0.4) is 0 Å². The minimum Gasteiger partial charge on any atom is -0.508 e. The first-order valence-electron chi connectivity index (χ1n) is 6.76. The number of ether oxygens (including phenoxy) is 1. The summed E-state index contributed by atoms with van der Waals surface area (Å²) in [4.78, 5) is 13.6. The minimum absolute atomic E-state index is 0.0113. The lowest BCUT2D eigenvalue weighted by Crippen LogP contribution is -2.46. The van der Waals surface area contributed by atoms with Gasteiger partial charge >= 0.3 is 6.09 Å². The highest BCUT2D eigenvalue weighted by atomic mass is 35.5. The molecule has 2 saturated heterocycles. The molecule has 0 aromatic heterocycles. The maximum Gasteiger partial charge on any atom is 0.410 e. The number of rotatable bonds is 2. The number of carbonyl (C=O) groups is 1. The zero-order chi connectivity index (χ0) is 15.1. The maximum atomic E-state index is 11.9. The van der Waals surface area contributed by atoms with Gasteiger partial charge in [0, 0.05) is 30.5 Å². The summed E-state index contributed by atoms with van der Waals surface area (Å²) in [5.74, 6) is -0.00693. The van der Waals surface area contributed by atoms with Gasteiger partial charge in [0.2, 0.25) is 0 Å². The summed E-state index contributed by atoms with van der Waals surface area (Å²) in [7, 11) is 0. The third-order valence-electron chi connectivity index (χ3n) is 4.17. The van der Waals surface area contributed by atoms with Crippen LogP contribution in [-0.4, -0.2) is 46.5 Å². The van der Waals surface area contributed by atoms with Gasteiger partial charge in [-0.1, -0.05) is 23.2 Å². The van der Waals surface area contributed by atoms with E-state index in [0.717, 1.165) is 0 Å². The molecule has 2 heterocycles. The van der Waals surface area contributed by atoms with Gasteiger partial charge in [-0.2, -0.15) is 0 Å². The molecule has 2 fully saturated rings. The average Bonchev–Trinajstić information content (AvgIpc) is 2.87. The highest BCUT2D eigenvalue weighted by Gasteiger charge is 2.43. The number of aliphatic hydroxyl groups excluding tert-OH is 1. The van der Waals surface area contributed by atoms with Crippen LogP contribution in [0.2, 0.25) is 10.0 Å². The Morgan fingerprint density at radius 3 is 2.81 bits per heavy atom. The highest BCUT2D eigenvalue weighted by molar-refractivity contribution is 6.42. The minimum atomic E-state index is -0.457. The molecule has 2 N–H and O–H groups in total. The van der Waals surface area contributed by atoms with Crippen molar-refractivity contribution in [2.45, 2.75) is 30.9 Å². The number of carbonyl (C=O) groups excluding carboxylic acids is 1. The summed E-state index contributed by atoms with van der Waals surface area (Å²) in [5.41, 5.74) is 0.576. The molecular weight excluding hydrogens is 317 g/mol. The standard InChI is InChI=1S/C14H15Cl2NO4/c15-10-1-2-11(19)12(13(10)16)7-3-8-4-9(6-18)21-14(20)17(8)5-7/h1-2,7-9,18-19H,3-6H2/t7-,8-,9-/m0/s1. The van der Waals surface area contributed by atoms with Crippen molar-refractivity contribution < 1.29 is 19.7 Å². The molecule has 0 aliphatic carbocycles. The summed E-state index contributed by atoms with van der Waals surface area (Å²) in [6.07, 6.45) is 0.364. The Bertz CT molecular complexity index is 580. The molecule has 3 rings (SSSR count). The number of phenolic OH excluding ortho intramolecular Hbond substituents is 1. The van der Waals surface area contributed by atoms with E-state index in [2.05, 4.69) is 0 Å². The summed E-state index contributed by atoms with van der Waals surface area (Å²) in [5, 5.41) is 19.9. The monoisotopic (exact) mass is 331 g/mol. The van der Waals surface area contributed by atoms with Crippen LogP contribution in [0.15, 0.2) is 12.1 Å². The van der Waals surface area contributed by atoms with Crippen molar-refractivity contribution in [3.8, 4) is 5.75 Å². The predicted octanol–water partition coefficient (Wildman–Crippen LogP) is 2.76. The molecule has 0 bridgehead atoms. The SMILES string of the molecule is O=C1O[C@H](CO)C[C@@H]2C[C@H](c3c(O)ccc(Cl)c3Cl)CN12. The van der Waals surface area contributed by atoms with Crippen LogP contribution >= 0.6 is 23.2 Å². The molecule has 0 spiro atoms. The van der Waals surface area contributed by atoms with Gasteiger partial charge in [0.25, 0.3) is 0 Å². The fourth-order valence-electron chi connectivity index (χ4n) is 3.19. The number of aliphatic hydroxyl groups is 1. The number of cyclic esters (lactones) is 1. The topological polar surface area (TPSA) is 70.0 Å². The van der Waals surface area contributed by atoms with Gasteiger partial charge in [-0.05, 0) is 18.6 Å². The van der Waals surface area contributed by atoms with E-state index in [1.807, 2.05) is 0 Å². The number of hydrogen-bond donors (Lipinski definition) is 2. The van der Waals surface area contributed by atoms with Crippen LogP contribution in [0.25, 0.3) is 0 Å². The molecule has 114 valence electrons.